The van der Waals surface area contributed by atoms with E-state index in [1.807, 2.05) is 0 Å². The fourth-order valence-corrected chi connectivity index (χ4v) is 2.89. The average Bonchev–Trinajstić information content (AvgIpc) is 2.88. The van der Waals surface area contributed by atoms with Gasteiger partial charge >= 0.3 is 0 Å². The maximum Gasteiger partial charge on any atom is 0.263 e. The van der Waals surface area contributed by atoms with Crippen LogP contribution >= 0.6 is 11.6 Å². The Labute approximate surface area is 120 Å². The fourth-order valence-electron chi connectivity index (χ4n) is 1.70. The van der Waals surface area contributed by atoms with Crippen LogP contribution in [0.25, 0.3) is 5.65 Å². The number of nitrogens with one attached hydrogen (secondary N) is 1. The average molecular weight is 309 g/mol. The van der Waals surface area contributed by atoms with Gasteiger partial charge in [0, 0.05) is 16.9 Å². The highest BCUT2D eigenvalue weighted by Gasteiger charge is 2.15. The third-order valence-electron chi connectivity index (χ3n) is 2.67. The standard InChI is InChI=1S/C12H9ClN4O2S/c13-9-1-3-10(4-2-9)16-20(18,19)11-5-6-12-15-14-8-17(12)7-11/h1-8,16H. The summed E-state index contributed by atoms with van der Waals surface area (Å²) in [6.45, 7) is 0. The molecule has 0 amide bonds. The van der Waals surface area contributed by atoms with E-state index in [1.54, 1.807) is 30.3 Å². The molecule has 2 heterocycles. The summed E-state index contributed by atoms with van der Waals surface area (Å²) in [5.41, 5.74) is 1.02. The van der Waals surface area contributed by atoms with E-state index in [1.165, 1.54) is 23.0 Å². The van der Waals surface area contributed by atoms with E-state index >= 15 is 0 Å². The molecule has 102 valence electrons. The summed E-state index contributed by atoms with van der Waals surface area (Å²) in [7, 11) is -3.67. The Balaban J connectivity index is 1.96. The molecule has 8 heteroatoms. The summed E-state index contributed by atoms with van der Waals surface area (Å²) in [5, 5.41) is 8.06. The molecular weight excluding hydrogens is 300 g/mol. The quantitative estimate of drug-likeness (QED) is 0.804. The lowest BCUT2D eigenvalue weighted by Gasteiger charge is -2.08. The SMILES string of the molecule is O=S(=O)(Nc1ccc(Cl)cc1)c1ccc2nncn2c1. The van der Waals surface area contributed by atoms with Gasteiger partial charge in [0.25, 0.3) is 10.0 Å². The van der Waals surface area contributed by atoms with Crippen LogP contribution in [0, 0.1) is 0 Å². The van der Waals surface area contributed by atoms with Gasteiger partial charge in [-0.15, -0.1) is 10.2 Å². The highest BCUT2D eigenvalue weighted by molar-refractivity contribution is 7.92. The molecule has 0 bridgehead atoms. The first-order chi connectivity index (χ1) is 9.54. The van der Waals surface area contributed by atoms with Gasteiger partial charge in [0.1, 0.15) is 11.2 Å². The topological polar surface area (TPSA) is 76.4 Å². The number of rotatable bonds is 3. The molecule has 0 saturated heterocycles. The highest BCUT2D eigenvalue weighted by Crippen LogP contribution is 2.18. The lowest BCUT2D eigenvalue weighted by molar-refractivity contribution is 0.600. The molecule has 1 aromatic carbocycles. The maximum absolute atomic E-state index is 12.3. The van der Waals surface area contributed by atoms with Crippen molar-refractivity contribution >= 4 is 33.0 Å². The number of halogens is 1. The van der Waals surface area contributed by atoms with Gasteiger partial charge in [-0.2, -0.15) is 0 Å². The van der Waals surface area contributed by atoms with Crippen molar-refractivity contribution in [3.8, 4) is 0 Å². The van der Waals surface area contributed by atoms with E-state index in [0.29, 0.717) is 16.4 Å². The van der Waals surface area contributed by atoms with Gasteiger partial charge in [-0.3, -0.25) is 9.12 Å². The second-order valence-electron chi connectivity index (χ2n) is 4.07. The van der Waals surface area contributed by atoms with Crippen LogP contribution in [0.15, 0.2) is 53.8 Å². The van der Waals surface area contributed by atoms with Gasteiger partial charge in [-0.05, 0) is 36.4 Å². The molecule has 0 fully saturated rings. The van der Waals surface area contributed by atoms with Crippen LogP contribution in [0.4, 0.5) is 5.69 Å². The molecule has 0 unspecified atom stereocenters. The Morgan fingerprint density at radius 2 is 1.85 bits per heavy atom. The molecule has 0 saturated carbocycles. The zero-order valence-electron chi connectivity index (χ0n) is 10.1. The lowest BCUT2D eigenvalue weighted by atomic mass is 10.3. The number of nitrogens with zero attached hydrogens (tertiary/aromatic N) is 3. The molecule has 0 aliphatic heterocycles. The first kappa shape index (κ1) is 12.9. The number of sulfonamides is 1. The molecule has 0 aliphatic rings. The van der Waals surface area contributed by atoms with Crippen molar-refractivity contribution < 1.29 is 8.42 Å². The second kappa shape index (κ2) is 4.77. The van der Waals surface area contributed by atoms with E-state index in [9.17, 15) is 8.42 Å². The molecule has 1 N–H and O–H groups in total. The number of hydrogen-bond acceptors (Lipinski definition) is 4. The van der Waals surface area contributed by atoms with Gasteiger partial charge in [0.15, 0.2) is 5.65 Å². The highest BCUT2D eigenvalue weighted by atomic mass is 35.5. The zero-order valence-corrected chi connectivity index (χ0v) is 11.6. The summed E-state index contributed by atoms with van der Waals surface area (Å²) in [6.07, 6.45) is 2.89. The Morgan fingerprint density at radius 1 is 1.10 bits per heavy atom. The molecule has 0 aliphatic carbocycles. The summed E-state index contributed by atoms with van der Waals surface area (Å²) in [5.74, 6) is 0. The minimum absolute atomic E-state index is 0.125. The number of anilines is 1. The van der Waals surface area contributed by atoms with Gasteiger partial charge in [0.05, 0.1) is 0 Å². The van der Waals surface area contributed by atoms with Crippen molar-refractivity contribution in [2.24, 2.45) is 0 Å². The molecule has 2 aromatic heterocycles. The first-order valence-electron chi connectivity index (χ1n) is 5.62. The number of aromatic nitrogens is 3. The Bertz CT molecular complexity index is 859. The molecule has 6 nitrogen and oxygen atoms in total. The Kier molecular flexibility index (Phi) is 3.07. The van der Waals surface area contributed by atoms with Crippen LogP contribution in [0.2, 0.25) is 5.02 Å². The van der Waals surface area contributed by atoms with Crippen LogP contribution in [-0.4, -0.2) is 23.0 Å². The summed E-state index contributed by atoms with van der Waals surface area (Å²) in [6, 6.07) is 9.48. The lowest BCUT2D eigenvalue weighted by Crippen LogP contribution is -2.13. The predicted octanol–water partition coefficient (Wildman–Crippen LogP) is 2.18. The van der Waals surface area contributed by atoms with Gasteiger partial charge < -0.3 is 0 Å². The molecule has 3 rings (SSSR count). The molecule has 0 radical (unpaired) electrons. The van der Waals surface area contributed by atoms with Crippen molar-refractivity contribution in [2.45, 2.75) is 4.90 Å². The van der Waals surface area contributed by atoms with E-state index in [2.05, 4.69) is 14.9 Å². The minimum Gasteiger partial charge on any atom is -0.288 e. The van der Waals surface area contributed by atoms with Crippen LogP contribution in [-0.2, 0) is 10.0 Å². The molecule has 0 spiro atoms. The monoisotopic (exact) mass is 308 g/mol. The summed E-state index contributed by atoms with van der Waals surface area (Å²) < 4.78 is 28.5. The van der Waals surface area contributed by atoms with Crippen molar-refractivity contribution in [3.05, 3.63) is 53.9 Å². The third kappa shape index (κ3) is 2.45. The maximum atomic E-state index is 12.3. The Morgan fingerprint density at radius 3 is 2.60 bits per heavy atom. The number of benzene rings is 1. The number of hydrogen-bond donors (Lipinski definition) is 1. The molecular formula is C12H9ClN4O2S. The largest absolute Gasteiger partial charge is 0.288 e. The van der Waals surface area contributed by atoms with E-state index in [4.69, 9.17) is 11.6 Å². The van der Waals surface area contributed by atoms with Crippen LogP contribution < -0.4 is 4.72 Å². The third-order valence-corrected chi connectivity index (χ3v) is 4.29. The Hall–Kier alpha value is -2.12. The number of pyridine rings is 1. The van der Waals surface area contributed by atoms with Crippen LogP contribution in [0.1, 0.15) is 0 Å². The van der Waals surface area contributed by atoms with Crippen molar-refractivity contribution in [2.75, 3.05) is 4.72 Å². The van der Waals surface area contributed by atoms with Crippen molar-refractivity contribution in [1.29, 1.82) is 0 Å². The smallest absolute Gasteiger partial charge is 0.263 e. The van der Waals surface area contributed by atoms with Crippen LogP contribution in [0.3, 0.4) is 0 Å². The molecule has 3 aromatic rings. The second-order valence-corrected chi connectivity index (χ2v) is 6.19. The van der Waals surface area contributed by atoms with Gasteiger partial charge in [-0.25, -0.2) is 8.42 Å². The summed E-state index contributed by atoms with van der Waals surface area (Å²) >= 11 is 5.76. The molecule has 20 heavy (non-hydrogen) atoms. The normalized spacial score (nSPS) is 11.7. The molecule has 0 atom stereocenters. The van der Waals surface area contributed by atoms with Crippen LogP contribution in [0.5, 0.6) is 0 Å². The predicted molar refractivity (Wildman–Crippen MR) is 75.2 cm³/mol. The van der Waals surface area contributed by atoms with Gasteiger partial charge in [0.2, 0.25) is 0 Å². The summed E-state index contributed by atoms with van der Waals surface area (Å²) in [4.78, 5) is 0.125. The van der Waals surface area contributed by atoms with E-state index in [0.717, 1.165) is 0 Å². The van der Waals surface area contributed by atoms with Gasteiger partial charge in [-0.1, -0.05) is 11.6 Å². The minimum atomic E-state index is -3.67. The fraction of sp³-hybridized carbons (Fsp3) is 0. The van der Waals surface area contributed by atoms with E-state index < -0.39 is 10.0 Å². The first-order valence-corrected chi connectivity index (χ1v) is 7.48. The van der Waals surface area contributed by atoms with Crippen molar-refractivity contribution in [3.63, 3.8) is 0 Å². The van der Waals surface area contributed by atoms with Crippen molar-refractivity contribution in [1.82, 2.24) is 14.6 Å². The van der Waals surface area contributed by atoms with E-state index in [-0.39, 0.29) is 4.90 Å². The zero-order chi connectivity index (χ0) is 14.2. The number of fused-ring (bicyclic) bond motifs is 1.